The van der Waals surface area contributed by atoms with E-state index in [1.807, 2.05) is 12.1 Å². The zero-order valence-electron chi connectivity index (χ0n) is 22.0. The van der Waals surface area contributed by atoms with Crippen molar-refractivity contribution in [3.05, 3.63) is 60.3 Å². The van der Waals surface area contributed by atoms with Crippen LogP contribution in [0.15, 0.2) is 54.7 Å². The number of aryl methyl sites for hydroxylation is 1. The monoisotopic (exact) mass is 479 g/mol. The van der Waals surface area contributed by atoms with Crippen LogP contribution >= 0.6 is 0 Å². The van der Waals surface area contributed by atoms with Gasteiger partial charge in [-0.1, -0.05) is 75.9 Å². The Bertz CT molecular complexity index is 827. The van der Waals surface area contributed by atoms with Gasteiger partial charge in [0.2, 0.25) is 0 Å². The number of esters is 1. The molecule has 0 saturated heterocycles. The van der Waals surface area contributed by atoms with Crippen LogP contribution in [-0.4, -0.2) is 24.2 Å². The van der Waals surface area contributed by atoms with Crippen molar-refractivity contribution in [1.29, 1.82) is 0 Å². The summed E-state index contributed by atoms with van der Waals surface area (Å²) in [6.45, 7) is 6.11. The van der Waals surface area contributed by atoms with E-state index in [-0.39, 0.29) is 5.97 Å². The number of pyridine rings is 1. The predicted molar refractivity (Wildman–Crippen MR) is 146 cm³/mol. The molecule has 0 aliphatic rings. The summed E-state index contributed by atoms with van der Waals surface area (Å²) < 4.78 is 11.0. The highest BCUT2D eigenvalue weighted by Gasteiger charge is 2.06. The minimum absolute atomic E-state index is 0.197. The van der Waals surface area contributed by atoms with Crippen molar-refractivity contribution in [2.24, 2.45) is 0 Å². The lowest BCUT2D eigenvalue weighted by molar-refractivity contribution is -0.134. The number of ether oxygens (including phenoxy) is 2. The molecule has 2 aromatic rings. The van der Waals surface area contributed by atoms with Crippen LogP contribution in [0.4, 0.5) is 0 Å². The van der Waals surface area contributed by atoms with E-state index in [2.05, 4.69) is 55.2 Å². The van der Waals surface area contributed by atoms with Crippen LogP contribution in [0.1, 0.15) is 96.5 Å². The number of benzene rings is 1. The van der Waals surface area contributed by atoms with E-state index in [4.69, 9.17) is 9.47 Å². The average Bonchev–Trinajstić information content (AvgIpc) is 2.88. The van der Waals surface area contributed by atoms with Gasteiger partial charge in [0.05, 0.1) is 11.9 Å². The molecule has 0 aliphatic carbocycles. The van der Waals surface area contributed by atoms with Gasteiger partial charge in [-0.05, 0) is 69.1 Å². The normalized spacial score (nSPS) is 11.3. The smallest absolute Gasteiger partial charge is 0.311 e. The fourth-order valence-corrected chi connectivity index (χ4v) is 3.88. The molecule has 0 amide bonds. The van der Waals surface area contributed by atoms with Crippen molar-refractivity contribution in [3.63, 3.8) is 0 Å². The molecule has 0 fully saturated rings. The summed E-state index contributed by atoms with van der Waals surface area (Å²) in [6.07, 6.45) is 20.2. The third-order valence-electron chi connectivity index (χ3n) is 5.96. The number of unbranched alkanes of at least 4 members (excludes halogenated alkanes) is 7. The number of carbonyl (C=O) groups excluding carboxylic acids is 1. The Labute approximate surface area is 213 Å². The summed E-state index contributed by atoms with van der Waals surface area (Å²) in [5, 5.41) is 0. The third kappa shape index (κ3) is 13.3. The number of hydrogen-bond donors (Lipinski definition) is 0. The maximum absolute atomic E-state index is 12.1. The molecule has 0 N–H and O–H groups in total. The Kier molecular flexibility index (Phi) is 15.5. The van der Waals surface area contributed by atoms with Crippen molar-refractivity contribution < 1.29 is 14.3 Å². The molecule has 4 heteroatoms. The first-order valence-corrected chi connectivity index (χ1v) is 13.7. The number of allylic oxidation sites excluding steroid dienone is 2. The Balaban J connectivity index is 1.64. The van der Waals surface area contributed by atoms with Crippen LogP contribution in [-0.2, 0) is 16.0 Å². The molecule has 0 spiro atoms. The summed E-state index contributed by atoms with van der Waals surface area (Å²) in [7, 11) is 0. The highest BCUT2D eigenvalue weighted by atomic mass is 16.5. The maximum atomic E-state index is 12.1. The Morgan fingerprint density at radius 3 is 2.29 bits per heavy atom. The summed E-state index contributed by atoms with van der Waals surface area (Å²) in [4.78, 5) is 16.6. The first kappa shape index (κ1) is 28.8. The molecule has 1 heterocycles. The van der Waals surface area contributed by atoms with E-state index in [1.165, 1.54) is 44.1 Å². The molecule has 35 heavy (non-hydrogen) atoms. The first-order chi connectivity index (χ1) is 17.2. The van der Waals surface area contributed by atoms with Crippen LogP contribution in [0.5, 0.6) is 5.75 Å². The zero-order valence-corrected chi connectivity index (χ0v) is 22.0. The van der Waals surface area contributed by atoms with Gasteiger partial charge in [-0.25, -0.2) is 0 Å². The molecule has 0 bridgehead atoms. The topological polar surface area (TPSA) is 48.4 Å². The first-order valence-electron chi connectivity index (χ1n) is 13.7. The summed E-state index contributed by atoms with van der Waals surface area (Å²) >= 11 is 0. The van der Waals surface area contributed by atoms with Gasteiger partial charge in [-0.3, -0.25) is 9.78 Å². The summed E-state index contributed by atoms with van der Waals surface area (Å²) in [5.74, 6) is 0.307. The molecule has 2 rings (SSSR count). The molecule has 0 aliphatic heterocycles. The molecule has 1 aromatic carbocycles. The molecule has 0 saturated carbocycles. The van der Waals surface area contributed by atoms with Crippen LogP contribution in [0, 0.1) is 0 Å². The predicted octanol–water partition coefficient (Wildman–Crippen LogP) is 8.49. The highest BCUT2D eigenvalue weighted by Crippen LogP contribution is 2.21. The van der Waals surface area contributed by atoms with E-state index in [0.717, 1.165) is 63.0 Å². The van der Waals surface area contributed by atoms with E-state index in [0.29, 0.717) is 12.2 Å². The minimum atomic E-state index is -0.197. The quantitative estimate of drug-likeness (QED) is 0.115. The molecule has 4 nitrogen and oxygen atoms in total. The number of hydrogen-bond acceptors (Lipinski definition) is 4. The van der Waals surface area contributed by atoms with Crippen LogP contribution in [0.25, 0.3) is 11.3 Å². The molecule has 0 atom stereocenters. The zero-order chi connectivity index (χ0) is 25.0. The highest BCUT2D eigenvalue weighted by molar-refractivity contribution is 5.72. The fraction of sp³-hybridized carbons (Fsp3) is 0.548. The van der Waals surface area contributed by atoms with Gasteiger partial charge < -0.3 is 9.47 Å². The van der Waals surface area contributed by atoms with Crippen molar-refractivity contribution in [1.82, 2.24) is 4.98 Å². The number of nitrogens with zero attached hydrogens (tertiary/aromatic N) is 1. The number of aromatic nitrogens is 1. The van der Waals surface area contributed by atoms with Gasteiger partial charge in [-0.15, -0.1) is 0 Å². The Morgan fingerprint density at radius 1 is 0.800 bits per heavy atom. The molecule has 0 radical (unpaired) electrons. The van der Waals surface area contributed by atoms with E-state index < -0.39 is 0 Å². The molecular weight excluding hydrogens is 434 g/mol. The average molecular weight is 480 g/mol. The van der Waals surface area contributed by atoms with Gasteiger partial charge in [0.25, 0.3) is 0 Å². The van der Waals surface area contributed by atoms with Gasteiger partial charge in [0.1, 0.15) is 5.75 Å². The Hall–Kier alpha value is -2.46. The standard InChI is InChI=1S/C31H45NO3/c1-3-5-6-7-8-9-10-11-14-17-31(33)35-29-22-23-30(32-26-29)28-20-18-27(19-21-28)16-13-12-15-25-34-24-4-2/h9-10,18-23,26H,3-8,11-17,24-25H2,1-2H3. The molecular formula is C31H45NO3. The SMILES string of the molecule is CCCCCCC=CCCCC(=O)Oc1ccc(-c2ccc(CCCCCOCCC)cc2)nc1. The van der Waals surface area contributed by atoms with Crippen LogP contribution < -0.4 is 4.74 Å². The van der Waals surface area contributed by atoms with Gasteiger partial charge in [-0.2, -0.15) is 0 Å². The number of rotatable bonds is 19. The lowest BCUT2D eigenvalue weighted by atomic mass is 10.0. The second kappa shape index (κ2) is 18.8. The second-order valence-electron chi connectivity index (χ2n) is 9.19. The van der Waals surface area contributed by atoms with E-state index in [1.54, 1.807) is 6.20 Å². The molecule has 1 aromatic heterocycles. The molecule has 192 valence electrons. The van der Waals surface area contributed by atoms with Gasteiger partial charge >= 0.3 is 5.97 Å². The van der Waals surface area contributed by atoms with Crippen LogP contribution in [0.3, 0.4) is 0 Å². The lowest BCUT2D eigenvalue weighted by Crippen LogP contribution is -2.07. The van der Waals surface area contributed by atoms with Gasteiger partial charge in [0.15, 0.2) is 0 Å². The van der Waals surface area contributed by atoms with Crippen molar-refractivity contribution >= 4 is 5.97 Å². The van der Waals surface area contributed by atoms with Gasteiger partial charge in [0, 0.05) is 25.2 Å². The summed E-state index contributed by atoms with van der Waals surface area (Å²) in [5.41, 5.74) is 3.30. The van der Waals surface area contributed by atoms with Crippen molar-refractivity contribution in [2.75, 3.05) is 13.2 Å². The van der Waals surface area contributed by atoms with Crippen molar-refractivity contribution in [2.45, 2.75) is 97.3 Å². The maximum Gasteiger partial charge on any atom is 0.311 e. The van der Waals surface area contributed by atoms with Crippen molar-refractivity contribution in [3.8, 4) is 17.0 Å². The fourth-order valence-electron chi connectivity index (χ4n) is 3.88. The Morgan fingerprint density at radius 2 is 1.57 bits per heavy atom. The van der Waals surface area contributed by atoms with E-state index >= 15 is 0 Å². The van der Waals surface area contributed by atoms with Crippen LogP contribution in [0.2, 0.25) is 0 Å². The lowest BCUT2D eigenvalue weighted by Gasteiger charge is -2.07. The number of carbonyl (C=O) groups is 1. The second-order valence-corrected chi connectivity index (χ2v) is 9.19. The summed E-state index contributed by atoms with van der Waals surface area (Å²) in [6, 6.07) is 12.3. The largest absolute Gasteiger partial charge is 0.425 e. The van der Waals surface area contributed by atoms with E-state index in [9.17, 15) is 4.79 Å². The third-order valence-corrected chi connectivity index (χ3v) is 5.96. The minimum Gasteiger partial charge on any atom is -0.425 e. The molecule has 0 unspecified atom stereocenters.